The highest BCUT2D eigenvalue weighted by Gasteiger charge is 2.32. The fraction of sp³-hybridized carbons (Fsp3) is 0.333. The second-order valence-electron chi connectivity index (χ2n) is 6.20. The van der Waals surface area contributed by atoms with E-state index in [0.29, 0.717) is 24.7 Å². The summed E-state index contributed by atoms with van der Waals surface area (Å²) in [6, 6.07) is 14.9. The van der Waals surface area contributed by atoms with Crippen LogP contribution in [0.2, 0.25) is 5.02 Å². The number of sulfonamides is 1. The van der Waals surface area contributed by atoms with Crippen LogP contribution in [0.25, 0.3) is 0 Å². The van der Waals surface area contributed by atoms with Gasteiger partial charge in [0.2, 0.25) is 10.0 Å². The van der Waals surface area contributed by atoms with E-state index in [9.17, 15) is 8.42 Å². The fourth-order valence-corrected chi connectivity index (χ4v) is 4.85. The third kappa shape index (κ3) is 3.43. The van der Waals surface area contributed by atoms with Crippen LogP contribution in [0.4, 0.5) is 5.69 Å². The number of piperazine rings is 1. The summed E-state index contributed by atoms with van der Waals surface area (Å²) in [5.41, 5.74) is 2.35. The molecule has 0 spiro atoms. The quantitative estimate of drug-likeness (QED) is 0.836. The third-order valence-corrected chi connectivity index (χ3v) is 6.49. The van der Waals surface area contributed by atoms with Gasteiger partial charge in [0.05, 0.1) is 4.90 Å². The predicted molar refractivity (Wildman–Crippen MR) is 98.2 cm³/mol. The molecule has 1 aliphatic heterocycles. The predicted octanol–water partition coefficient (Wildman–Crippen LogP) is 3.55. The number of halogens is 1. The molecule has 0 bridgehead atoms. The van der Waals surface area contributed by atoms with Crippen molar-refractivity contribution >= 4 is 27.3 Å². The molecule has 0 N–H and O–H groups in total. The van der Waals surface area contributed by atoms with Crippen molar-refractivity contribution in [3.63, 3.8) is 0 Å². The van der Waals surface area contributed by atoms with Gasteiger partial charge in [0, 0.05) is 36.4 Å². The zero-order valence-corrected chi connectivity index (χ0v) is 15.4. The van der Waals surface area contributed by atoms with Gasteiger partial charge in [-0.25, -0.2) is 8.42 Å². The molecule has 0 radical (unpaired) electrons. The molecule has 1 atom stereocenters. The second-order valence-corrected chi connectivity index (χ2v) is 8.57. The van der Waals surface area contributed by atoms with Crippen LogP contribution in [0.15, 0.2) is 53.4 Å². The van der Waals surface area contributed by atoms with Crippen LogP contribution in [-0.2, 0) is 10.0 Å². The summed E-state index contributed by atoms with van der Waals surface area (Å²) in [7, 11) is -3.51. The lowest BCUT2D eigenvalue weighted by molar-refractivity contribution is 0.342. The van der Waals surface area contributed by atoms with Crippen LogP contribution in [0.3, 0.4) is 0 Å². The van der Waals surface area contributed by atoms with E-state index in [1.165, 1.54) is 11.6 Å². The maximum Gasteiger partial charge on any atom is 0.243 e. The maximum atomic E-state index is 12.8. The van der Waals surface area contributed by atoms with Crippen LogP contribution < -0.4 is 4.90 Å². The molecule has 6 heteroatoms. The van der Waals surface area contributed by atoms with Crippen molar-refractivity contribution in [3.05, 3.63) is 59.1 Å². The van der Waals surface area contributed by atoms with Crippen molar-refractivity contribution in [2.45, 2.75) is 24.8 Å². The van der Waals surface area contributed by atoms with Gasteiger partial charge < -0.3 is 4.90 Å². The monoisotopic (exact) mass is 364 g/mol. The Morgan fingerprint density at radius 1 is 1.08 bits per heavy atom. The second kappa shape index (κ2) is 6.75. The summed E-state index contributed by atoms with van der Waals surface area (Å²) in [6.45, 7) is 5.71. The number of rotatable bonds is 3. The van der Waals surface area contributed by atoms with E-state index in [4.69, 9.17) is 11.6 Å². The molecule has 24 heavy (non-hydrogen) atoms. The Balaban J connectivity index is 1.79. The fourth-order valence-electron chi connectivity index (χ4n) is 3.04. The van der Waals surface area contributed by atoms with Gasteiger partial charge in [0.15, 0.2) is 0 Å². The van der Waals surface area contributed by atoms with E-state index in [0.717, 1.165) is 5.69 Å². The Kier molecular flexibility index (Phi) is 4.85. The molecule has 0 aromatic heterocycles. The molecule has 2 aromatic carbocycles. The molecule has 0 aliphatic carbocycles. The van der Waals surface area contributed by atoms with Crippen molar-refractivity contribution in [2.75, 3.05) is 24.5 Å². The molecule has 0 saturated carbocycles. The lowest BCUT2D eigenvalue weighted by Crippen LogP contribution is -2.53. The highest BCUT2D eigenvalue weighted by Crippen LogP contribution is 2.25. The molecule has 1 fully saturated rings. The van der Waals surface area contributed by atoms with Gasteiger partial charge in [-0.2, -0.15) is 4.31 Å². The van der Waals surface area contributed by atoms with Crippen molar-refractivity contribution in [1.29, 1.82) is 0 Å². The van der Waals surface area contributed by atoms with Gasteiger partial charge >= 0.3 is 0 Å². The van der Waals surface area contributed by atoms with Gasteiger partial charge in [0.1, 0.15) is 0 Å². The molecular formula is C18H21ClN2O2S. The van der Waals surface area contributed by atoms with Gasteiger partial charge in [-0.15, -0.1) is 0 Å². The molecule has 2 aromatic rings. The molecule has 0 amide bonds. The molecule has 1 aliphatic rings. The van der Waals surface area contributed by atoms with E-state index in [1.807, 2.05) is 0 Å². The standard InChI is InChI=1S/C18H21ClN2O2S/c1-14-6-8-17(9-7-14)21-11-10-20(13-15(21)2)24(22,23)18-5-3-4-16(19)12-18/h3-9,12,15H,10-11,13H2,1-2H3. The van der Waals surface area contributed by atoms with Crippen molar-refractivity contribution in [3.8, 4) is 0 Å². The molecule has 1 saturated heterocycles. The summed E-state index contributed by atoms with van der Waals surface area (Å²) in [6.07, 6.45) is 0. The van der Waals surface area contributed by atoms with Crippen LogP contribution >= 0.6 is 11.6 Å². The highest BCUT2D eigenvalue weighted by molar-refractivity contribution is 7.89. The average Bonchev–Trinajstić information content (AvgIpc) is 2.56. The Morgan fingerprint density at radius 3 is 2.42 bits per heavy atom. The average molecular weight is 365 g/mol. The molecule has 1 unspecified atom stereocenters. The lowest BCUT2D eigenvalue weighted by Gasteiger charge is -2.40. The minimum atomic E-state index is -3.51. The zero-order chi connectivity index (χ0) is 17.3. The number of aryl methyl sites for hydroxylation is 1. The summed E-state index contributed by atoms with van der Waals surface area (Å²) in [5, 5.41) is 0.433. The smallest absolute Gasteiger partial charge is 0.243 e. The number of benzene rings is 2. The molecule has 4 nitrogen and oxygen atoms in total. The van der Waals surface area contributed by atoms with E-state index in [1.54, 1.807) is 22.5 Å². The van der Waals surface area contributed by atoms with Crippen LogP contribution in [0, 0.1) is 6.92 Å². The summed E-state index contributed by atoms with van der Waals surface area (Å²) >= 11 is 5.94. The molecule has 3 rings (SSSR count). The van der Waals surface area contributed by atoms with E-state index in [2.05, 4.69) is 43.0 Å². The summed E-state index contributed by atoms with van der Waals surface area (Å²) in [4.78, 5) is 2.51. The van der Waals surface area contributed by atoms with Crippen molar-refractivity contribution in [1.82, 2.24) is 4.31 Å². The zero-order valence-electron chi connectivity index (χ0n) is 13.8. The van der Waals surface area contributed by atoms with Crippen LogP contribution in [-0.4, -0.2) is 38.4 Å². The first-order chi connectivity index (χ1) is 11.4. The normalized spacial score (nSPS) is 19.5. The highest BCUT2D eigenvalue weighted by atomic mass is 35.5. The van der Waals surface area contributed by atoms with Gasteiger partial charge in [-0.05, 0) is 44.2 Å². The van der Waals surface area contributed by atoms with Gasteiger partial charge in [-0.1, -0.05) is 35.4 Å². The Bertz CT molecular complexity index is 821. The number of hydrogen-bond donors (Lipinski definition) is 0. The largest absolute Gasteiger partial charge is 0.366 e. The van der Waals surface area contributed by atoms with Gasteiger partial charge in [0.25, 0.3) is 0 Å². The maximum absolute atomic E-state index is 12.8. The number of anilines is 1. The first kappa shape index (κ1) is 17.3. The first-order valence-electron chi connectivity index (χ1n) is 7.97. The topological polar surface area (TPSA) is 40.6 Å². The minimum absolute atomic E-state index is 0.107. The van der Waals surface area contributed by atoms with Crippen molar-refractivity contribution in [2.24, 2.45) is 0 Å². The van der Waals surface area contributed by atoms with Crippen molar-refractivity contribution < 1.29 is 8.42 Å². The number of nitrogens with zero attached hydrogens (tertiary/aromatic N) is 2. The number of hydrogen-bond acceptors (Lipinski definition) is 3. The Hall–Kier alpha value is -1.56. The van der Waals surface area contributed by atoms with E-state index >= 15 is 0 Å². The Labute approximate surface area is 148 Å². The van der Waals surface area contributed by atoms with E-state index in [-0.39, 0.29) is 10.9 Å². The molecular weight excluding hydrogens is 344 g/mol. The first-order valence-corrected chi connectivity index (χ1v) is 9.79. The minimum Gasteiger partial charge on any atom is -0.366 e. The third-order valence-electron chi connectivity index (χ3n) is 4.39. The molecule has 128 valence electrons. The molecule has 1 heterocycles. The summed E-state index contributed by atoms with van der Waals surface area (Å²) < 4.78 is 27.2. The van der Waals surface area contributed by atoms with Crippen LogP contribution in [0.5, 0.6) is 0 Å². The SMILES string of the molecule is Cc1ccc(N2CCN(S(=O)(=O)c3cccc(Cl)c3)CC2C)cc1. The lowest BCUT2D eigenvalue weighted by atomic mass is 10.1. The Morgan fingerprint density at radius 2 is 1.79 bits per heavy atom. The van der Waals surface area contributed by atoms with E-state index < -0.39 is 10.0 Å². The van der Waals surface area contributed by atoms with Gasteiger partial charge in [-0.3, -0.25) is 0 Å². The van der Waals surface area contributed by atoms with Crippen LogP contribution in [0.1, 0.15) is 12.5 Å². The summed E-state index contributed by atoms with van der Waals surface area (Å²) in [5.74, 6) is 0.